The second kappa shape index (κ2) is 14.7. The van der Waals surface area contributed by atoms with E-state index in [1.54, 1.807) is 23.8 Å². The van der Waals surface area contributed by atoms with Crippen LogP contribution in [0.5, 0.6) is 0 Å². The van der Waals surface area contributed by atoms with Gasteiger partial charge >= 0.3 is 0 Å². The molecule has 2 aliphatic rings. The van der Waals surface area contributed by atoms with Crippen LogP contribution in [-0.2, 0) is 19.2 Å². The summed E-state index contributed by atoms with van der Waals surface area (Å²) >= 11 is 1.23. The van der Waals surface area contributed by atoms with Gasteiger partial charge < -0.3 is 15.1 Å². The number of carbonyl (C=O) groups is 4. The van der Waals surface area contributed by atoms with Crippen LogP contribution in [0.15, 0.2) is 17.2 Å². The minimum absolute atomic E-state index is 0.00197. The van der Waals surface area contributed by atoms with Gasteiger partial charge in [0.2, 0.25) is 28.8 Å². The molecule has 0 saturated carbocycles. The van der Waals surface area contributed by atoms with Crippen molar-refractivity contribution in [2.45, 2.75) is 118 Å². The maximum absolute atomic E-state index is 14.1. The zero-order chi connectivity index (χ0) is 32.1. The highest BCUT2D eigenvalue weighted by atomic mass is 32.1. The average molecular weight is 618 g/mol. The van der Waals surface area contributed by atoms with Crippen molar-refractivity contribution < 1.29 is 19.2 Å². The van der Waals surface area contributed by atoms with Gasteiger partial charge in [0.1, 0.15) is 17.6 Å². The number of rotatable bonds is 10. The number of likely N-dealkylation sites (N-methyl/N-ethyl adjacent to an activating group) is 1. The second-order valence-corrected chi connectivity index (χ2v) is 14.4. The van der Waals surface area contributed by atoms with Crippen molar-refractivity contribution in [2.75, 3.05) is 25.5 Å². The summed E-state index contributed by atoms with van der Waals surface area (Å²) in [7, 11) is 1.74. The van der Waals surface area contributed by atoms with Crippen LogP contribution in [0.2, 0.25) is 0 Å². The van der Waals surface area contributed by atoms with Gasteiger partial charge in [-0.3, -0.25) is 29.4 Å². The first kappa shape index (κ1) is 34.6. The quantitative estimate of drug-likeness (QED) is 0.384. The number of carbonyl (C=O) groups excluding carboxylic acids is 4. The van der Waals surface area contributed by atoms with E-state index >= 15 is 0 Å². The Bertz CT molecular complexity index is 1160. The lowest BCUT2D eigenvalue weighted by Gasteiger charge is -2.41. The van der Waals surface area contributed by atoms with E-state index in [2.05, 4.69) is 39.6 Å². The number of piperidine rings is 1. The Kier molecular flexibility index (Phi) is 11.9. The zero-order valence-corrected chi connectivity index (χ0v) is 28.2. The first-order valence-corrected chi connectivity index (χ1v) is 16.4. The molecule has 0 aliphatic carbocycles. The van der Waals surface area contributed by atoms with E-state index < -0.39 is 23.5 Å². The third-order valence-corrected chi connectivity index (χ3v) is 9.16. The van der Waals surface area contributed by atoms with E-state index in [1.807, 2.05) is 40.7 Å². The van der Waals surface area contributed by atoms with E-state index in [9.17, 15) is 19.2 Å². The lowest BCUT2D eigenvalue weighted by molar-refractivity contribution is -0.142. The van der Waals surface area contributed by atoms with E-state index in [0.29, 0.717) is 23.7 Å². The summed E-state index contributed by atoms with van der Waals surface area (Å²) in [6.07, 6.45) is 5.95. The maximum atomic E-state index is 14.1. The highest BCUT2D eigenvalue weighted by molar-refractivity contribution is 7.13. The molecule has 2 N–H and O–H groups in total. The molecule has 0 spiro atoms. The lowest BCUT2D eigenvalue weighted by atomic mass is 9.84. The molecule has 4 amide bonds. The van der Waals surface area contributed by atoms with Crippen LogP contribution in [0.1, 0.15) is 87.5 Å². The summed E-state index contributed by atoms with van der Waals surface area (Å²) in [5.74, 6) is -0.810. The molecule has 3 heterocycles. The Morgan fingerprint density at radius 2 is 1.70 bits per heavy atom. The minimum Gasteiger partial charge on any atom is -0.342 e. The van der Waals surface area contributed by atoms with E-state index in [4.69, 9.17) is 0 Å². The molecule has 2 unspecified atom stereocenters. The predicted octanol–water partition coefficient (Wildman–Crippen LogP) is 3.69. The van der Waals surface area contributed by atoms with E-state index in [0.717, 1.165) is 32.2 Å². The molecule has 1 aromatic rings. The van der Waals surface area contributed by atoms with Crippen molar-refractivity contribution >= 4 is 40.1 Å². The molecule has 2 aliphatic heterocycles. The van der Waals surface area contributed by atoms with Crippen LogP contribution in [0.25, 0.3) is 0 Å². The SMILES string of the molecule is C/C(=C\[C@H](C(C)C)N(C)C(=O)C(NC(=O)[C@H]1CCCCN1C(C)C)C(C)(C)C)C(=O)N1CCCC1C(=O)Nc1nncs1. The number of aromatic nitrogens is 2. The lowest BCUT2D eigenvalue weighted by Crippen LogP contribution is -2.60. The third kappa shape index (κ3) is 8.62. The normalized spacial score (nSPS) is 21.6. The number of anilines is 1. The summed E-state index contributed by atoms with van der Waals surface area (Å²) in [5.41, 5.74) is 1.48. The Morgan fingerprint density at radius 3 is 2.28 bits per heavy atom. The average Bonchev–Trinajstić information content (AvgIpc) is 3.65. The fourth-order valence-corrected chi connectivity index (χ4v) is 6.54. The van der Waals surface area contributed by atoms with Gasteiger partial charge in [0, 0.05) is 25.2 Å². The van der Waals surface area contributed by atoms with Crippen molar-refractivity contribution in [2.24, 2.45) is 11.3 Å². The van der Waals surface area contributed by atoms with Crippen LogP contribution in [-0.4, -0.2) is 98.9 Å². The van der Waals surface area contributed by atoms with Gasteiger partial charge in [-0.1, -0.05) is 58.5 Å². The fourth-order valence-electron chi connectivity index (χ4n) is 6.10. The van der Waals surface area contributed by atoms with Crippen molar-refractivity contribution in [1.82, 2.24) is 30.2 Å². The van der Waals surface area contributed by atoms with Crippen LogP contribution >= 0.6 is 11.3 Å². The topological polar surface area (TPSA) is 128 Å². The van der Waals surface area contributed by atoms with Gasteiger partial charge in [-0.05, 0) is 64.3 Å². The number of amides is 4. The van der Waals surface area contributed by atoms with Crippen molar-refractivity contribution in [3.63, 3.8) is 0 Å². The van der Waals surface area contributed by atoms with Gasteiger partial charge in [-0.15, -0.1) is 10.2 Å². The number of hydrogen-bond donors (Lipinski definition) is 2. The van der Waals surface area contributed by atoms with Gasteiger partial charge in [0.25, 0.3) is 0 Å². The molecule has 0 radical (unpaired) electrons. The summed E-state index contributed by atoms with van der Waals surface area (Å²) in [4.78, 5) is 59.7. The van der Waals surface area contributed by atoms with E-state index in [1.165, 1.54) is 16.8 Å². The molecule has 240 valence electrons. The van der Waals surface area contributed by atoms with Gasteiger partial charge in [-0.2, -0.15) is 0 Å². The Balaban J connectivity index is 1.77. The van der Waals surface area contributed by atoms with Gasteiger partial charge in [0.05, 0.1) is 12.1 Å². The van der Waals surface area contributed by atoms with Crippen molar-refractivity contribution in [3.8, 4) is 0 Å². The summed E-state index contributed by atoms with van der Waals surface area (Å²) in [6.45, 7) is 17.2. The van der Waals surface area contributed by atoms with Crippen molar-refractivity contribution in [3.05, 3.63) is 17.2 Å². The summed E-state index contributed by atoms with van der Waals surface area (Å²) in [5, 5.41) is 13.9. The molecule has 0 aromatic carbocycles. The smallest absolute Gasteiger partial charge is 0.249 e. The standard InChI is InChI=1S/C31H51N7O4S/c1-19(2)24(17-21(5)28(41)38-16-12-14-23(38)27(40)34-30-35-32-18-43-30)36(9)29(42)25(31(6,7)8)33-26(39)22-13-10-11-15-37(22)20(3)4/h17-20,22-25H,10-16H2,1-9H3,(H,33,39)(H,34,35,40)/b21-17+/t22-,23?,24-,25?/m1/s1. The molecule has 3 rings (SSSR count). The highest BCUT2D eigenvalue weighted by Crippen LogP contribution is 2.27. The number of nitrogens with zero attached hydrogens (tertiary/aromatic N) is 5. The Labute approximate surface area is 260 Å². The molecule has 12 heteroatoms. The Hall–Kier alpha value is -2.86. The van der Waals surface area contributed by atoms with Crippen LogP contribution in [0, 0.1) is 11.3 Å². The summed E-state index contributed by atoms with van der Waals surface area (Å²) < 4.78 is 0. The predicted molar refractivity (Wildman–Crippen MR) is 169 cm³/mol. The fraction of sp³-hybridized carbons (Fsp3) is 0.742. The molecular formula is C31H51N7O4S. The van der Waals surface area contributed by atoms with Crippen LogP contribution in [0.4, 0.5) is 5.13 Å². The summed E-state index contributed by atoms with van der Waals surface area (Å²) in [6, 6.07) is -1.74. The zero-order valence-electron chi connectivity index (χ0n) is 27.3. The molecule has 2 fully saturated rings. The van der Waals surface area contributed by atoms with Crippen molar-refractivity contribution in [1.29, 1.82) is 0 Å². The third-order valence-electron chi connectivity index (χ3n) is 8.55. The molecule has 2 saturated heterocycles. The first-order valence-electron chi connectivity index (χ1n) is 15.5. The van der Waals surface area contributed by atoms with Crippen LogP contribution < -0.4 is 10.6 Å². The second-order valence-electron chi connectivity index (χ2n) is 13.6. The number of likely N-dealkylation sites (tertiary alicyclic amines) is 2. The molecule has 11 nitrogen and oxygen atoms in total. The van der Waals surface area contributed by atoms with Gasteiger partial charge in [0.15, 0.2) is 0 Å². The van der Waals surface area contributed by atoms with E-state index in [-0.39, 0.29) is 41.6 Å². The monoisotopic (exact) mass is 617 g/mol. The molecule has 1 aromatic heterocycles. The molecule has 43 heavy (non-hydrogen) atoms. The number of nitrogens with one attached hydrogen (secondary N) is 2. The number of hydrogen-bond acceptors (Lipinski definition) is 8. The Morgan fingerprint density at radius 1 is 1.02 bits per heavy atom. The van der Waals surface area contributed by atoms with Gasteiger partial charge in [-0.25, -0.2) is 0 Å². The first-order chi connectivity index (χ1) is 20.1. The highest BCUT2D eigenvalue weighted by Gasteiger charge is 2.40. The molecular weight excluding hydrogens is 566 g/mol. The minimum atomic E-state index is -0.737. The molecule has 0 bridgehead atoms. The largest absolute Gasteiger partial charge is 0.342 e. The van der Waals surface area contributed by atoms with Crippen LogP contribution in [0.3, 0.4) is 0 Å². The molecule has 4 atom stereocenters. The maximum Gasteiger partial charge on any atom is 0.249 e.